The van der Waals surface area contributed by atoms with Gasteiger partial charge in [-0.05, 0) is 28.8 Å². The minimum absolute atomic E-state index is 0.414. The van der Waals surface area contributed by atoms with Gasteiger partial charge >= 0.3 is 0 Å². The highest BCUT2D eigenvalue weighted by Crippen LogP contribution is 2.59. The minimum atomic E-state index is 0.414. The summed E-state index contributed by atoms with van der Waals surface area (Å²) in [5, 5.41) is 11.1. The van der Waals surface area contributed by atoms with E-state index in [2.05, 4.69) is 25.6 Å². The van der Waals surface area contributed by atoms with Crippen molar-refractivity contribution in [2.24, 2.45) is 17.3 Å². The van der Waals surface area contributed by atoms with Crippen LogP contribution in [0.3, 0.4) is 0 Å². The molecule has 0 aromatic heterocycles. The van der Waals surface area contributed by atoms with Gasteiger partial charge in [-0.25, -0.2) is 0 Å². The Morgan fingerprint density at radius 1 is 1.58 bits per heavy atom. The molecule has 2 bridgehead atoms. The molecule has 3 fully saturated rings. The molecule has 0 radical (unpaired) electrons. The van der Waals surface area contributed by atoms with Crippen LogP contribution in [0.5, 0.6) is 0 Å². The van der Waals surface area contributed by atoms with Crippen molar-refractivity contribution in [3.05, 3.63) is 12.2 Å². The van der Waals surface area contributed by atoms with Gasteiger partial charge in [0.1, 0.15) is 0 Å². The van der Waals surface area contributed by atoms with Gasteiger partial charge in [0.05, 0.1) is 0 Å². The van der Waals surface area contributed by atoms with Gasteiger partial charge in [0.15, 0.2) is 0 Å². The lowest BCUT2D eigenvalue weighted by molar-refractivity contribution is -0.738. The van der Waals surface area contributed by atoms with E-state index in [1.807, 2.05) is 0 Å². The summed E-state index contributed by atoms with van der Waals surface area (Å²) < 4.78 is 0. The summed E-state index contributed by atoms with van der Waals surface area (Å²) in [6, 6.07) is 0. The zero-order chi connectivity index (χ0) is 8.93. The van der Waals surface area contributed by atoms with Gasteiger partial charge in [-0.15, -0.1) is 0 Å². The van der Waals surface area contributed by atoms with Gasteiger partial charge in [-0.2, -0.15) is 0 Å². The second kappa shape index (κ2) is 2.12. The number of hydrogen-bond acceptors (Lipinski definition) is 1. The first-order valence-corrected chi connectivity index (χ1v) is 4.52. The van der Waals surface area contributed by atoms with Crippen LogP contribution >= 0.6 is 0 Å². The van der Waals surface area contributed by atoms with Crippen LogP contribution in [0.15, 0.2) is 12.2 Å². The van der Waals surface area contributed by atoms with Gasteiger partial charge in [0.25, 0.3) is 0 Å². The molecule has 2 nitrogen and oxygen atoms in total. The van der Waals surface area contributed by atoms with E-state index in [1.54, 1.807) is 0 Å². The summed E-state index contributed by atoms with van der Waals surface area (Å²) in [4.78, 5) is 0. The second-order valence-electron chi connectivity index (χ2n) is 4.63. The normalized spacial score (nSPS) is 41.2. The smallest absolute Gasteiger partial charge is 0.227 e. The topological polar surface area (TPSA) is 34.2 Å². The van der Waals surface area contributed by atoms with E-state index >= 15 is 0 Å². The lowest BCUT2D eigenvalue weighted by Crippen LogP contribution is -2.73. The average Bonchev–Trinajstić information content (AvgIpc) is 2.03. The van der Waals surface area contributed by atoms with Gasteiger partial charge in [-0.3, -0.25) is 5.21 Å². The first-order chi connectivity index (χ1) is 5.57. The maximum atomic E-state index is 8.82. The molecule has 0 amide bonds. The van der Waals surface area contributed by atoms with Crippen molar-refractivity contribution in [1.29, 1.82) is 0 Å². The molecular formula is C10H16NO+. The number of allylic oxidation sites excluding steroid dienone is 1. The maximum Gasteiger partial charge on any atom is 0.227 e. The molecule has 0 aromatic carbocycles. The van der Waals surface area contributed by atoms with Crippen molar-refractivity contribution >= 4 is 5.71 Å². The molecule has 0 saturated heterocycles. The third kappa shape index (κ3) is 0.728. The Morgan fingerprint density at radius 2 is 2.25 bits per heavy atom. The van der Waals surface area contributed by atoms with E-state index in [0.29, 0.717) is 11.3 Å². The zero-order valence-electron chi connectivity index (χ0n) is 7.72. The standard InChI is InChI=1S/C10H15NO/c1-6-8-4-7(10(8,2)3)5-9(6)11-12/h7-8,12H,1,4-5H2,2-3H3/p+1/b11-9+/t7-,8+/m0/s1. The Hall–Kier alpha value is -0.790. The van der Waals surface area contributed by atoms with Crippen LogP contribution < -0.4 is 5.16 Å². The second-order valence-corrected chi connectivity index (χ2v) is 4.63. The summed E-state index contributed by atoms with van der Waals surface area (Å²) >= 11 is 0. The molecule has 3 aliphatic rings. The maximum absolute atomic E-state index is 8.82. The number of rotatable bonds is 0. The molecule has 12 heavy (non-hydrogen) atoms. The zero-order valence-corrected chi connectivity index (χ0v) is 7.72. The van der Waals surface area contributed by atoms with E-state index in [9.17, 15) is 0 Å². The van der Waals surface area contributed by atoms with Crippen molar-refractivity contribution in [1.82, 2.24) is 0 Å². The average molecular weight is 166 g/mol. The summed E-state index contributed by atoms with van der Waals surface area (Å²) in [7, 11) is 0. The van der Waals surface area contributed by atoms with Crippen LogP contribution in [0.2, 0.25) is 0 Å². The number of fused-ring (bicyclic) bond motifs is 2. The first kappa shape index (κ1) is 7.84. The van der Waals surface area contributed by atoms with Gasteiger partial charge in [0.2, 0.25) is 5.71 Å². The Labute approximate surface area is 73.0 Å². The Bertz CT molecular complexity index is 265. The lowest BCUT2D eigenvalue weighted by atomic mass is 9.47. The quantitative estimate of drug-likeness (QED) is 0.399. The Morgan fingerprint density at radius 3 is 2.67 bits per heavy atom. The van der Waals surface area contributed by atoms with Crippen molar-refractivity contribution in [2.45, 2.75) is 26.7 Å². The van der Waals surface area contributed by atoms with E-state index in [4.69, 9.17) is 5.21 Å². The molecule has 2 N–H and O–H groups in total. The summed E-state index contributed by atoms with van der Waals surface area (Å²) in [6.45, 7) is 8.62. The fraction of sp³-hybridized carbons (Fsp3) is 0.700. The highest BCUT2D eigenvalue weighted by Gasteiger charge is 2.55. The molecule has 0 aliphatic heterocycles. The fourth-order valence-corrected chi connectivity index (χ4v) is 2.66. The molecule has 2 heteroatoms. The molecule has 0 aromatic rings. The molecule has 0 heterocycles. The van der Waals surface area contributed by atoms with Gasteiger partial charge in [0, 0.05) is 12.0 Å². The van der Waals surface area contributed by atoms with Crippen molar-refractivity contribution < 1.29 is 10.4 Å². The van der Waals surface area contributed by atoms with Crippen LogP contribution in [-0.4, -0.2) is 10.9 Å². The molecule has 3 saturated carbocycles. The van der Waals surface area contributed by atoms with Gasteiger partial charge in [-0.1, -0.05) is 20.4 Å². The SMILES string of the molecule is C=C1/C(=[NH+]/O)C[C@@H]2C[C@H]1C2(C)C. The molecule has 0 spiro atoms. The highest BCUT2D eigenvalue weighted by atomic mass is 16.4. The Balaban J connectivity index is 2.28. The van der Waals surface area contributed by atoms with Crippen LogP contribution in [-0.2, 0) is 0 Å². The first-order valence-electron chi connectivity index (χ1n) is 4.52. The van der Waals surface area contributed by atoms with Crippen LogP contribution in [0.1, 0.15) is 26.7 Å². The van der Waals surface area contributed by atoms with E-state index < -0.39 is 0 Å². The number of hydrogen-bond donors (Lipinski definition) is 2. The third-order valence-electron chi connectivity index (χ3n) is 3.86. The fourth-order valence-electron chi connectivity index (χ4n) is 2.66. The van der Waals surface area contributed by atoms with Crippen molar-refractivity contribution in [3.63, 3.8) is 0 Å². The molecule has 0 unspecified atom stereocenters. The third-order valence-corrected chi connectivity index (χ3v) is 3.86. The van der Waals surface area contributed by atoms with E-state index in [-0.39, 0.29) is 0 Å². The molecule has 3 rings (SSSR count). The van der Waals surface area contributed by atoms with Gasteiger partial charge < -0.3 is 0 Å². The molecular weight excluding hydrogens is 150 g/mol. The molecule has 3 aliphatic carbocycles. The molecule has 2 atom stereocenters. The molecule has 66 valence electrons. The van der Waals surface area contributed by atoms with Crippen molar-refractivity contribution in [2.75, 3.05) is 0 Å². The summed E-state index contributed by atoms with van der Waals surface area (Å²) in [6.07, 6.45) is 2.23. The minimum Gasteiger partial charge on any atom is -0.293 e. The Kier molecular flexibility index (Phi) is 1.39. The van der Waals surface area contributed by atoms with Crippen LogP contribution in [0.4, 0.5) is 0 Å². The lowest BCUT2D eigenvalue weighted by Gasteiger charge is -2.55. The predicted molar refractivity (Wildman–Crippen MR) is 46.9 cm³/mol. The summed E-state index contributed by atoms with van der Waals surface area (Å²) in [5.74, 6) is 1.33. The van der Waals surface area contributed by atoms with Crippen LogP contribution in [0, 0.1) is 17.3 Å². The van der Waals surface area contributed by atoms with Crippen molar-refractivity contribution in [3.8, 4) is 0 Å². The highest BCUT2D eigenvalue weighted by molar-refractivity contribution is 5.97. The summed E-state index contributed by atoms with van der Waals surface area (Å²) in [5.41, 5.74) is 2.48. The largest absolute Gasteiger partial charge is 0.293 e. The van der Waals surface area contributed by atoms with Crippen LogP contribution in [0.25, 0.3) is 0 Å². The monoisotopic (exact) mass is 166 g/mol. The predicted octanol–water partition coefficient (Wildman–Crippen LogP) is 0.519. The van der Waals surface area contributed by atoms with E-state index in [1.165, 1.54) is 6.42 Å². The number of nitrogens with one attached hydrogen (secondary N) is 1. The van der Waals surface area contributed by atoms with E-state index in [0.717, 1.165) is 23.6 Å².